The molecule has 16 heavy (non-hydrogen) atoms. The maximum atomic E-state index is 6.01. The van der Waals surface area contributed by atoms with Gasteiger partial charge in [0, 0.05) is 24.7 Å². The third-order valence-electron chi connectivity index (χ3n) is 3.24. The maximum absolute atomic E-state index is 6.01. The Balaban J connectivity index is 1.97. The van der Waals surface area contributed by atoms with Gasteiger partial charge in [-0.25, -0.2) is 0 Å². The first-order chi connectivity index (χ1) is 7.84. The van der Waals surface area contributed by atoms with Crippen LogP contribution in [0.1, 0.15) is 12.8 Å². The summed E-state index contributed by atoms with van der Waals surface area (Å²) in [5.74, 6) is 0. The van der Waals surface area contributed by atoms with Crippen molar-refractivity contribution in [3.05, 3.63) is 30.5 Å². The second kappa shape index (κ2) is 3.83. The topological polar surface area (TPSA) is 40.2 Å². The van der Waals surface area contributed by atoms with Crippen molar-refractivity contribution in [3.63, 3.8) is 0 Å². The first-order valence-corrected chi connectivity index (χ1v) is 5.79. The smallest absolute Gasteiger partial charge is 0.0754 e. The fraction of sp³-hybridized carbons (Fsp3) is 0.385. The zero-order valence-corrected chi connectivity index (χ0v) is 9.23. The van der Waals surface area contributed by atoms with Gasteiger partial charge in [0.1, 0.15) is 0 Å². The van der Waals surface area contributed by atoms with Crippen molar-refractivity contribution < 1.29 is 4.74 Å². The quantitative estimate of drug-likeness (QED) is 0.783. The number of ether oxygens (including phenoxy) is 1. The van der Waals surface area contributed by atoms with Crippen LogP contribution in [0.2, 0.25) is 0 Å². The lowest BCUT2D eigenvalue weighted by atomic mass is 10.2. The van der Waals surface area contributed by atoms with Gasteiger partial charge in [-0.15, -0.1) is 0 Å². The molecular formula is C13H16N2O. The summed E-state index contributed by atoms with van der Waals surface area (Å²) in [5.41, 5.74) is 8.00. The third-order valence-corrected chi connectivity index (χ3v) is 3.24. The van der Waals surface area contributed by atoms with Crippen LogP contribution < -0.4 is 5.73 Å². The van der Waals surface area contributed by atoms with Gasteiger partial charge in [0.05, 0.1) is 17.3 Å². The zero-order valence-electron chi connectivity index (χ0n) is 9.23. The third kappa shape index (κ3) is 1.57. The largest absolute Gasteiger partial charge is 0.397 e. The van der Waals surface area contributed by atoms with Crippen LogP contribution >= 0.6 is 0 Å². The molecule has 0 saturated carbocycles. The number of nitrogens with two attached hydrogens (primary N) is 1. The van der Waals surface area contributed by atoms with Crippen molar-refractivity contribution in [1.82, 2.24) is 4.57 Å². The minimum Gasteiger partial charge on any atom is -0.397 e. The van der Waals surface area contributed by atoms with Crippen molar-refractivity contribution in [2.24, 2.45) is 0 Å². The number of hydrogen-bond acceptors (Lipinski definition) is 2. The summed E-state index contributed by atoms with van der Waals surface area (Å²) in [5, 5.41) is 1.21. The minimum atomic E-state index is 0.357. The zero-order chi connectivity index (χ0) is 11.0. The molecular weight excluding hydrogens is 200 g/mol. The van der Waals surface area contributed by atoms with Crippen LogP contribution in [0.25, 0.3) is 10.9 Å². The van der Waals surface area contributed by atoms with Crippen molar-refractivity contribution in [2.75, 3.05) is 12.3 Å². The molecule has 1 aromatic heterocycles. The highest BCUT2D eigenvalue weighted by Gasteiger charge is 2.17. The van der Waals surface area contributed by atoms with E-state index in [9.17, 15) is 0 Å². The Morgan fingerprint density at radius 2 is 2.31 bits per heavy atom. The fourth-order valence-electron chi connectivity index (χ4n) is 2.45. The van der Waals surface area contributed by atoms with E-state index in [0.717, 1.165) is 30.8 Å². The number of rotatable bonds is 2. The van der Waals surface area contributed by atoms with Gasteiger partial charge >= 0.3 is 0 Å². The molecule has 0 bridgehead atoms. The molecule has 3 rings (SSSR count). The monoisotopic (exact) mass is 216 g/mol. The fourth-order valence-corrected chi connectivity index (χ4v) is 2.45. The lowest BCUT2D eigenvalue weighted by Gasteiger charge is -2.12. The van der Waals surface area contributed by atoms with Crippen LogP contribution in [0.4, 0.5) is 5.69 Å². The van der Waals surface area contributed by atoms with E-state index in [1.165, 1.54) is 11.8 Å². The first-order valence-electron chi connectivity index (χ1n) is 5.79. The molecule has 0 radical (unpaired) electrons. The molecule has 2 heterocycles. The van der Waals surface area contributed by atoms with Crippen LogP contribution in [0.5, 0.6) is 0 Å². The molecule has 0 spiro atoms. The van der Waals surface area contributed by atoms with Gasteiger partial charge in [0.25, 0.3) is 0 Å². The molecule has 1 fully saturated rings. The second-order valence-corrected chi connectivity index (χ2v) is 4.39. The maximum Gasteiger partial charge on any atom is 0.0754 e. The van der Waals surface area contributed by atoms with Gasteiger partial charge in [-0.2, -0.15) is 0 Å². The summed E-state index contributed by atoms with van der Waals surface area (Å²) < 4.78 is 7.86. The van der Waals surface area contributed by atoms with Crippen LogP contribution in [-0.4, -0.2) is 17.3 Å². The predicted octanol–water partition coefficient (Wildman–Crippen LogP) is 2.40. The second-order valence-electron chi connectivity index (χ2n) is 4.39. The number of para-hydroxylation sites is 1. The van der Waals surface area contributed by atoms with Crippen LogP contribution in [0.3, 0.4) is 0 Å². The molecule has 1 aliphatic rings. The molecule has 0 amide bonds. The molecule has 2 N–H and O–H groups in total. The Kier molecular flexibility index (Phi) is 2.33. The van der Waals surface area contributed by atoms with Crippen molar-refractivity contribution in [3.8, 4) is 0 Å². The van der Waals surface area contributed by atoms with E-state index in [4.69, 9.17) is 10.5 Å². The average molecular weight is 216 g/mol. The normalized spacial score (nSPS) is 20.6. The van der Waals surface area contributed by atoms with E-state index in [1.807, 2.05) is 12.1 Å². The Morgan fingerprint density at radius 3 is 3.12 bits per heavy atom. The van der Waals surface area contributed by atoms with Gasteiger partial charge in [0.2, 0.25) is 0 Å². The number of nitrogens with zero attached hydrogens (tertiary/aromatic N) is 1. The van der Waals surface area contributed by atoms with E-state index >= 15 is 0 Å². The summed E-state index contributed by atoms with van der Waals surface area (Å²) in [6.45, 7) is 1.82. The van der Waals surface area contributed by atoms with Gasteiger partial charge in [-0.1, -0.05) is 12.1 Å². The number of aromatic nitrogens is 1. The average Bonchev–Trinajstić information content (AvgIpc) is 2.90. The van der Waals surface area contributed by atoms with Crippen LogP contribution in [0.15, 0.2) is 30.5 Å². The summed E-state index contributed by atoms with van der Waals surface area (Å²) in [6.07, 6.45) is 4.80. The van der Waals surface area contributed by atoms with Gasteiger partial charge in [0.15, 0.2) is 0 Å². The van der Waals surface area contributed by atoms with Crippen molar-refractivity contribution in [1.29, 1.82) is 0 Å². The highest BCUT2D eigenvalue weighted by atomic mass is 16.5. The number of nitrogen functional groups attached to an aromatic ring is 1. The molecule has 1 atom stereocenters. The summed E-state index contributed by atoms with van der Waals surface area (Å²) in [6, 6.07) is 8.15. The van der Waals surface area contributed by atoms with Crippen LogP contribution in [-0.2, 0) is 11.3 Å². The molecule has 3 heteroatoms. The van der Waals surface area contributed by atoms with E-state index in [1.54, 1.807) is 0 Å². The Labute approximate surface area is 94.8 Å². The van der Waals surface area contributed by atoms with Crippen molar-refractivity contribution in [2.45, 2.75) is 25.5 Å². The first kappa shape index (κ1) is 9.73. The molecule has 1 aliphatic heterocycles. The van der Waals surface area contributed by atoms with E-state index < -0.39 is 0 Å². The molecule has 1 aromatic carbocycles. The van der Waals surface area contributed by atoms with E-state index in [-0.39, 0.29) is 0 Å². The van der Waals surface area contributed by atoms with Gasteiger partial charge < -0.3 is 15.0 Å². The van der Waals surface area contributed by atoms with Gasteiger partial charge in [-0.3, -0.25) is 0 Å². The highest BCUT2D eigenvalue weighted by Crippen LogP contribution is 2.24. The molecule has 1 saturated heterocycles. The lowest BCUT2D eigenvalue weighted by Crippen LogP contribution is -2.14. The van der Waals surface area contributed by atoms with E-state index in [0.29, 0.717) is 6.10 Å². The SMILES string of the molecule is Nc1cccc2ccn(CC3CCCO3)c12. The summed E-state index contributed by atoms with van der Waals surface area (Å²) >= 11 is 0. The number of anilines is 1. The van der Waals surface area contributed by atoms with Crippen LogP contribution in [0, 0.1) is 0 Å². The standard InChI is InChI=1S/C13H16N2O/c14-12-5-1-3-10-6-7-15(13(10)12)9-11-4-2-8-16-11/h1,3,5-7,11H,2,4,8-9,14H2. The highest BCUT2D eigenvalue weighted by molar-refractivity contribution is 5.90. The molecule has 0 aliphatic carbocycles. The number of benzene rings is 1. The Morgan fingerprint density at radius 1 is 1.38 bits per heavy atom. The molecule has 84 valence electrons. The molecule has 3 nitrogen and oxygen atoms in total. The van der Waals surface area contributed by atoms with E-state index in [2.05, 4.69) is 22.9 Å². The predicted molar refractivity (Wildman–Crippen MR) is 65.3 cm³/mol. The Hall–Kier alpha value is -1.48. The number of fused-ring (bicyclic) bond motifs is 1. The van der Waals surface area contributed by atoms with Crippen molar-refractivity contribution >= 4 is 16.6 Å². The minimum absolute atomic E-state index is 0.357. The molecule has 2 aromatic rings. The summed E-state index contributed by atoms with van der Waals surface area (Å²) in [4.78, 5) is 0. The number of hydrogen-bond donors (Lipinski definition) is 1. The van der Waals surface area contributed by atoms with Gasteiger partial charge in [-0.05, 0) is 25.0 Å². The lowest BCUT2D eigenvalue weighted by molar-refractivity contribution is 0.0980. The summed E-state index contributed by atoms with van der Waals surface area (Å²) in [7, 11) is 0. The molecule has 1 unspecified atom stereocenters. The Bertz CT molecular complexity index is 498.